The maximum Gasteiger partial charge on any atom is 0.261 e. The smallest absolute Gasteiger partial charge is 0.261 e. The van der Waals surface area contributed by atoms with Crippen LogP contribution in [0, 0.1) is 20.8 Å². The van der Waals surface area contributed by atoms with E-state index in [9.17, 15) is 4.79 Å². The average Bonchev–Trinajstić information content (AvgIpc) is 3.26. The fraction of sp³-hybridized carbons (Fsp3) is 0.300. The largest absolute Gasteiger partial charge is 0.489 e. The van der Waals surface area contributed by atoms with Crippen LogP contribution >= 0.6 is 22.9 Å². The van der Waals surface area contributed by atoms with Gasteiger partial charge in [0.15, 0.2) is 0 Å². The molecular formula is C20H22ClN3O2S. The van der Waals surface area contributed by atoms with E-state index in [4.69, 9.17) is 16.3 Å². The van der Waals surface area contributed by atoms with Crippen molar-refractivity contribution in [2.45, 2.75) is 33.9 Å². The van der Waals surface area contributed by atoms with Crippen LogP contribution in [0.2, 0.25) is 5.02 Å². The molecular weight excluding hydrogens is 382 g/mol. The molecule has 0 saturated carbocycles. The topological polar surface area (TPSA) is 56.1 Å². The molecule has 0 unspecified atom stereocenters. The van der Waals surface area contributed by atoms with Crippen molar-refractivity contribution >= 4 is 28.8 Å². The normalized spacial score (nSPS) is 10.8. The third kappa shape index (κ3) is 5.11. The van der Waals surface area contributed by atoms with Crippen molar-refractivity contribution in [3.63, 3.8) is 0 Å². The number of nitrogens with zero attached hydrogens (tertiary/aromatic N) is 2. The Morgan fingerprint density at radius 3 is 2.85 bits per heavy atom. The summed E-state index contributed by atoms with van der Waals surface area (Å²) in [5.41, 5.74) is 4.53. The molecule has 1 amide bonds. The lowest BCUT2D eigenvalue weighted by Gasteiger charge is -2.11. The van der Waals surface area contributed by atoms with Crippen molar-refractivity contribution in [1.82, 2.24) is 15.1 Å². The molecule has 1 N–H and O–H groups in total. The molecule has 0 atom stereocenters. The van der Waals surface area contributed by atoms with Gasteiger partial charge in [-0.15, -0.1) is 11.3 Å². The van der Waals surface area contributed by atoms with Gasteiger partial charge in [-0.1, -0.05) is 17.7 Å². The molecule has 5 nitrogen and oxygen atoms in total. The first-order chi connectivity index (χ1) is 12.9. The number of hydrogen-bond donors (Lipinski definition) is 1. The molecule has 0 aliphatic carbocycles. The Bertz CT molecular complexity index is 949. The summed E-state index contributed by atoms with van der Waals surface area (Å²) < 4.78 is 7.67. The van der Waals surface area contributed by atoms with E-state index < -0.39 is 0 Å². The van der Waals surface area contributed by atoms with Gasteiger partial charge in [-0.05, 0) is 55.0 Å². The monoisotopic (exact) mass is 403 g/mol. The summed E-state index contributed by atoms with van der Waals surface area (Å²) in [6.07, 6.45) is 3.30. The summed E-state index contributed by atoms with van der Waals surface area (Å²) >= 11 is 7.24. The third-order valence-electron chi connectivity index (χ3n) is 4.26. The van der Waals surface area contributed by atoms with Crippen molar-refractivity contribution in [1.29, 1.82) is 0 Å². The summed E-state index contributed by atoms with van der Waals surface area (Å²) in [5, 5.41) is 9.52. The molecule has 0 saturated heterocycles. The Balaban J connectivity index is 1.52. The van der Waals surface area contributed by atoms with Gasteiger partial charge in [0.25, 0.3) is 5.91 Å². The van der Waals surface area contributed by atoms with Crippen LogP contribution in [-0.2, 0) is 13.2 Å². The van der Waals surface area contributed by atoms with Crippen LogP contribution in [0.3, 0.4) is 0 Å². The molecule has 3 rings (SSSR count). The molecule has 3 aromatic rings. The molecule has 0 aliphatic rings. The predicted molar refractivity (Wildman–Crippen MR) is 109 cm³/mol. The Hall–Kier alpha value is -2.31. The number of aromatic nitrogens is 2. The summed E-state index contributed by atoms with van der Waals surface area (Å²) in [7, 11) is 0. The van der Waals surface area contributed by atoms with E-state index in [2.05, 4.69) is 37.3 Å². The van der Waals surface area contributed by atoms with E-state index in [0.29, 0.717) is 29.6 Å². The molecule has 2 aromatic heterocycles. The van der Waals surface area contributed by atoms with Crippen LogP contribution in [0.15, 0.2) is 36.0 Å². The lowest BCUT2D eigenvalue weighted by atomic mass is 10.1. The number of aryl methyl sites for hydroxylation is 2. The average molecular weight is 404 g/mol. The first-order valence-electron chi connectivity index (χ1n) is 8.66. The Morgan fingerprint density at radius 2 is 2.11 bits per heavy atom. The minimum Gasteiger partial charge on any atom is -0.489 e. The zero-order chi connectivity index (χ0) is 19.4. The number of thiophene rings is 1. The highest BCUT2D eigenvalue weighted by molar-refractivity contribution is 7.12. The number of hydrogen-bond acceptors (Lipinski definition) is 4. The zero-order valence-corrected chi connectivity index (χ0v) is 17.2. The predicted octanol–water partition coefficient (Wildman–Crippen LogP) is 4.53. The Labute approximate surface area is 167 Å². The van der Waals surface area contributed by atoms with Gasteiger partial charge >= 0.3 is 0 Å². The van der Waals surface area contributed by atoms with Crippen LogP contribution in [0.1, 0.15) is 31.9 Å². The molecule has 0 radical (unpaired) electrons. The number of amides is 1. The van der Waals surface area contributed by atoms with E-state index >= 15 is 0 Å². The van der Waals surface area contributed by atoms with Crippen LogP contribution in [-0.4, -0.2) is 22.2 Å². The quantitative estimate of drug-likeness (QED) is 0.630. The van der Waals surface area contributed by atoms with E-state index in [1.807, 2.05) is 17.5 Å². The molecule has 0 spiro atoms. The second-order valence-corrected chi connectivity index (χ2v) is 7.84. The fourth-order valence-corrected chi connectivity index (χ4v) is 3.68. The van der Waals surface area contributed by atoms with Gasteiger partial charge in [-0.2, -0.15) is 5.10 Å². The van der Waals surface area contributed by atoms with Gasteiger partial charge in [0.1, 0.15) is 12.4 Å². The van der Waals surface area contributed by atoms with Gasteiger partial charge in [0.2, 0.25) is 0 Å². The van der Waals surface area contributed by atoms with Gasteiger partial charge < -0.3 is 10.1 Å². The van der Waals surface area contributed by atoms with Crippen LogP contribution in [0.25, 0.3) is 0 Å². The lowest BCUT2D eigenvalue weighted by molar-refractivity contribution is 0.0956. The molecule has 2 heterocycles. The van der Waals surface area contributed by atoms with Crippen molar-refractivity contribution in [2.24, 2.45) is 0 Å². The highest BCUT2D eigenvalue weighted by Crippen LogP contribution is 2.25. The van der Waals surface area contributed by atoms with Gasteiger partial charge in [-0.3, -0.25) is 9.48 Å². The number of nitrogens with one attached hydrogen (secondary N) is 1. The van der Waals surface area contributed by atoms with Crippen LogP contribution in [0.5, 0.6) is 5.75 Å². The number of ether oxygens (including phenoxy) is 1. The molecule has 1 aromatic carbocycles. The number of halogens is 1. The van der Waals surface area contributed by atoms with E-state index in [1.54, 1.807) is 17.1 Å². The van der Waals surface area contributed by atoms with Crippen molar-refractivity contribution in [3.8, 4) is 5.75 Å². The van der Waals surface area contributed by atoms with Gasteiger partial charge in [-0.25, -0.2) is 0 Å². The maximum absolute atomic E-state index is 12.3. The SMILES string of the molecule is Cc1cc(C)c(C)c(OCc2csc(C(=O)NCCn3cc(Cl)cn3)c2)c1. The summed E-state index contributed by atoms with van der Waals surface area (Å²) in [5.74, 6) is 0.801. The minimum atomic E-state index is -0.0907. The molecule has 0 aliphatic heterocycles. The fourth-order valence-electron chi connectivity index (χ4n) is 2.71. The Kier molecular flexibility index (Phi) is 6.19. The standard InChI is InChI=1S/C20H22ClN3O2S/c1-13-6-14(2)15(3)18(7-13)26-11-16-8-19(27-12-16)20(25)22-4-5-24-10-17(21)9-23-24/h6-10,12H,4-5,11H2,1-3H3,(H,22,25). The summed E-state index contributed by atoms with van der Waals surface area (Å²) in [6.45, 7) is 7.71. The van der Waals surface area contributed by atoms with Gasteiger partial charge in [0, 0.05) is 18.3 Å². The molecule has 7 heteroatoms. The van der Waals surface area contributed by atoms with Crippen LogP contribution < -0.4 is 10.1 Å². The van der Waals surface area contributed by atoms with E-state index in [1.165, 1.54) is 22.5 Å². The van der Waals surface area contributed by atoms with Gasteiger partial charge in [0.05, 0.1) is 22.6 Å². The van der Waals surface area contributed by atoms with Crippen molar-refractivity contribution in [3.05, 3.63) is 68.1 Å². The lowest BCUT2D eigenvalue weighted by Crippen LogP contribution is -2.26. The van der Waals surface area contributed by atoms with E-state index in [0.717, 1.165) is 16.9 Å². The first-order valence-corrected chi connectivity index (χ1v) is 9.92. The number of carbonyl (C=O) groups excluding carboxylic acids is 1. The zero-order valence-electron chi connectivity index (χ0n) is 15.6. The highest BCUT2D eigenvalue weighted by atomic mass is 35.5. The second-order valence-electron chi connectivity index (χ2n) is 6.49. The maximum atomic E-state index is 12.3. The number of rotatable bonds is 7. The molecule has 0 bridgehead atoms. The molecule has 142 valence electrons. The number of benzene rings is 1. The molecule has 27 heavy (non-hydrogen) atoms. The summed E-state index contributed by atoms with van der Waals surface area (Å²) in [6, 6.07) is 6.07. The van der Waals surface area contributed by atoms with Crippen molar-refractivity contribution in [2.75, 3.05) is 6.54 Å². The first kappa shape index (κ1) is 19.5. The summed E-state index contributed by atoms with van der Waals surface area (Å²) in [4.78, 5) is 12.9. The highest BCUT2D eigenvalue weighted by Gasteiger charge is 2.10. The Morgan fingerprint density at radius 1 is 1.30 bits per heavy atom. The van der Waals surface area contributed by atoms with E-state index in [-0.39, 0.29) is 5.91 Å². The molecule has 0 fully saturated rings. The number of carbonyl (C=O) groups is 1. The van der Waals surface area contributed by atoms with Crippen molar-refractivity contribution < 1.29 is 9.53 Å². The third-order valence-corrected chi connectivity index (χ3v) is 5.44. The minimum absolute atomic E-state index is 0.0907. The second kappa shape index (κ2) is 8.59. The van der Waals surface area contributed by atoms with Crippen LogP contribution in [0.4, 0.5) is 0 Å².